The lowest BCUT2D eigenvalue weighted by Gasteiger charge is -2.68. The number of carbonyl (C=O) groups excluding carboxylic acids is 1. The minimum Gasteiger partial charge on any atom is -0.393 e. The Morgan fingerprint density at radius 2 is 1.59 bits per heavy atom. The molecule has 0 unspecified atom stereocenters. The summed E-state index contributed by atoms with van der Waals surface area (Å²) in [4.78, 5) is 12.3. The summed E-state index contributed by atoms with van der Waals surface area (Å²) in [5, 5.41) is 56.3. The van der Waals surface area contributed by atoms with Gasteiger partial charge in [0.2, 0.25) is 0 Å². The van der Waals surface area contributed by atoms with Crippen molar-refractivity contribution in [2.24, 2.45) is 22.7 Å². The van der Waals surface area contributed by atoms with Gasteiger partial charge < -0.3 is 25.5 Å². The highest BCUT2D eigenvalue weighted by atomic mass is 16.4. The molecule has 0 saturated heterocycles. The van der Waals surface area contributed by atoms with E-state index in [1.165, 1.54) is 6.92 Å². The van der Waals surface area contributed by atoms with Crippen molar-refractivity contribution in [2.45, 2.75) is 101 Å². The van der Waals surface area contributed by atoms with Gasteiger partial charge in [-0.3, -0.25) is 4.79 Å². The highest BCUT2D eigenvalue weighted by Crippen LogP contribution is 2.71. The molecular formula is C21H34O6. The monoisotopic (exact) mass is 382 g/mol. The first-order valence-electron chi connectivity index (χ1n) is 10.4. The van der Waals surface area contributed by atoms with E-state index in [1.54, 1.807) is 6.92 Å². The van der Waals surface area contributed by atoms with Crippen molar-refractivity contribution in [2.75, 3.05) is 0 Å². The second-order valence-corrected chi connectivity index (χ2v) is 10.4. The van der Waals surface area contributed by atoms with E-state index in [-0.39, 0.29) is 42.6 Å². The van der Waals surface area contributed by atoms with Crippen molar-refractivity contribution in [3.63, 3.8) is 0 Å². The average Bonchev–Trinajstić information content (AvgIpc) is 2.83. The summed E-state index contributed by atoms with van der Waals surface area (Å²) in [6.07, 6.45) is 2.08. The Hall–Kier alpha value is -0.530. The minimum atomic E-state index is -1.84. The molecule has 4 fully saturated rings. The third kappa shape index (κ3) is 2.01. The molecule has 5 N–H and O–H groups in total. The molecule has 4 aliphatic carbocycles. The Morgan fingerprint density at radius 1 is 0.926 bits per heavy atom. The van der Waals surface area contributed by atoms with Crippen molar-refractivity contribution in [3.8, 4) is 0 Å². The first-order valence-corrected chi connectivity index (χ1v) is 10.4. The molecule has 4 aliphatic rings. The molecule has 154 valence electrons. The van der Waals surface area contributed by atoms with E-state index in [1.807, 2.05) is 0 Å². The molecule has 6 heteroatoms. The lowest BCUT2D eigenvalue weighted by molar-refractivity contribution is -0.331. The van der Waals surface area contributed by atoms with E-state index in [0.29, 0.717) is 25.7 Å². The van der Waals surface area contributed by atoms with Gasteiger partial charge in [-0.1, -0.05) is 13.8 Å². The van der Waals surface area contributed by atoms with Crippen LogP contribution in [0.5, 0.6) is 0 Å². The van der Waals surface area contributed by atoms with Crippen molar-refractivity contribution < 1.29 is 30.3 Å². The van der Waals surface area contributed by atoms with Gasteiger partial charge in [-0.25, -0.2) is 0 Å². The van der Waals surface area contributed by atoms with E-state index in [2.05, 4.69) is 6.92 Å². The fraction of sp³-hybridized carbons (Fsp3) is 0.952. The summed E-state index contributed by atoms with van der Waals surface area (Å²) >= 11 is 0. The zero-order valence-corrected chi connectivity index (χ0v) is 16.6. The van der Waals surface area contributed by atoms with E-state index < -0.39 is 34.1 Å². The maximum atomic E-state index is 12.3. The van der Waals surface area contributed by atoms with Crippen LogP contribution in [0.1, 0.15) is 72.1 Å². The lowest BCUT2D eigenvalue weighted by Crippen LogP contribution is -2.78. The largest absolute Gasteiger partial charge is 0.393 e. The number of carbonyl (C=O) groups is 1. The fourth-order valence-electron chi connectivity index (χ4n) is 7.82. The molecule has 0 aliphatic heterocycles. The number of ketones is 1. The van der Waals surface area contributed by atoms with Gasteiger partial charge in [0, 0.05) is 0 Å². The normalized spacial score (nSPS) is 60.3. The average molecular weight is 382 g/mol. The molecule has 0 bridgehead atoms. The third-order valence-corrected chi connectivity index (χ3v) is 9.74. The Bertz CT molecular complexity index is 667. The maximum Gasteiger partial charge on any atom is 0.162 e. The summed E-state index contributed by atoms with van der Waals surface area (Å²) in [5.74, 6) is -0.568. The van der Waals surface area contributed by atoms with Gasteiger partial charge in [-0.15, -0.1) is 0 Å². The maximum absolute atomic E-state index is 12.3. The molecular weight excluding hydrogens is 348 g/mol. The number of hydrogen-bond donors (Lipinski definition) is 5. The van der Waals surface area contributed by atoms with Crippen LogP contribution in [-0.2, 0) is 4.79 Å². The highest BCUT2D eigenvalue weighted by Gasteiger charge is 2.80. The summed E-state index contributed by atoms with van der Waals surface area (Å²) in [5.41, 5.74) is -6.83. The molecule has 4 rings (SSSR count). The predicted octanol–water partition coefficient (Wildman–Crippen LogP) is 0.911. The summed E-state index contributed by atoms with van der Waals surface area (Å²) < 4.78 is 0. The number of fused-ring (bicyclic) bond motifs is 5. The standard InChI is InChI=1S/C21H34O6/c1-12(22)19(25)8-9-21(27)18(19,3)16(24)11-15-17(2)6-5-14(23)10-13(17)4-7-20(15,21)26/h13-16,23-27H,4-11H2,1-3H3/t13-,14-,15-,16+,17-,18+,19+,20-,21+/m0/s1. The quantitative estimate of drug-likeness (QED) is 0.460. The highest BCUT2D eigenvalue weighted by molar-refractivity contribution is 5.87. The first kappa shape index (κ1) is 19.8. The number of hydrogen-bond acceptors (Lipinski definition) is 6. The van der Waals surface area contributed by atoms with Crippen LogP contribution in [0.25, 0.3) is 0 Å². The second-order valence-electron chi connectivity index (χ2n) is 10.4. The number of aliphatic hydroxyl groups excluding tert-OH is 2. The van der Waals surface area contributed by atoms with E-state index in [9.17, 15) is 30.3 Å². The fourth-order valence-corrected chi connectivity index (χ4v) is 7.82. The molecule has 0 aromatic carbocycles. The summed E-state index contributed by atoms with van der Waals surface area (Å²) in [6.45, 7) is 4.98. The lowest BCUT2D eigenvalue weighted by atomic mass is 9.40. The summed E-state index contributed by atoms with van der Waals surface area (Å²) in [7, 11) is 0. The predicted molar refractivity (Wildman–Crippen MR) is 97.7 cm³/mol. The summed E-state index contributed by atoms with van der Waals surface area (Å²) in [6, 6.07) is 0. The van der Waals surface area contributed by atoms with Crippen LogP contribution in [0.15, 0.2) is 0 Å². The molecule has 0 aromatic rings. The van der Waals surface area contributed by atoms with Gasteiger partial charge in [0.15, 0.2) is 5.78 Å². The van der Waals surface area contributed by atoms with E-state index in [4.69, 9.17) is 0 Å². The van der Waals surface area contributed by atoms with E-state index >= 15 is 0 Å². The van der Waals surface area contributed by atoms with Gasteiger partial charge in [0.25, 0.3) is 0 Å². The molecule has 0 spiro atoms. The topological polar surface area (TPSA) is 118 Å². The molecule has 0 radical (unpaired) electrons. The van der Waals surface area contributed by atoms with Crippen LogP contribution in [0.4, 0.5) is 0 Å². The Labute approximate surface area is 160 Å². The van der Waals surface area contributed by atoms with Crippen LogP contribution in [0, 0.1) is 22.7 Å². The molecule has 0 aromatic heterocycles. The van der Waals surface area contributed by atoms with Gasteiger partial charge in [-0.05, 0) is 75.5 Å². The Balaban J connectivity index is 1.83. The van der Waals surface area contributed by atoms with Crippen LogP contribution in [0.3, 0.4) is 0 Å². The molecule has 6 nitrogen and oxygen atoms in total. The molecule has 27 heavy (non-hydrogen) atoms. The van der Waals surface area contributed by atoms with Crippen LogP contribution in [-0.4, -0.2) is 60.3 Å². The first-order chi connectivity index (χ1) is 12.4. The van der Waals surface area contributed by atoms with Crippen molar-refractivity contribution in [1.82, 2.24) is 0 Å². The number of rotatable bonds is 1. The Kier molecular flexibility index (Phi) is 4.06. The molecule has 4 saturated carbocycles. The van der Waals surface area contributed by atoms with Gasteiger partial charge in [-0.2, -0.15) is 0 Å². The molecule has 0 heterocycles. The Morgan fingerprint density at radius 3 is 2.22 bits per heavy atom. The van der Waals surface area contributed by atoms with Gasteiger partial charge in [0.1, 0.15) is 11.2 Å². The second kappa shape index (κ2) is 5.54. The minimum absolute atomic E-state index is 0.0419. The third-order valence-electron chi connectivity index (χ3n) is 9.74. The van der Waals surface area contributed by atoms with Crippen molar-refractivity contribution >= 4 is 5.78 Å². The van der Waals surface area contributed by atoms with Crippen LogP contribution < -0.4 is 0 Å². The van der Waals surface area contributed by atoms with Crippen LogP contribution >= 0.6 is 0 Å². The van der Waals surface area contributed by atoms with Crippen molar-refractivity contribution in [1.29, 1.82) is 0 Å². The van der Waals surface area contributed by atoms with Gasteiger partial charge >= 0.3 is 0 Å². The van der Waals surface area contributed by atoms with Crippen molar-refractivity contribution in [3.05, 3.63) is 0 Å². The molecule has 9 atom stereocenters. The van der Waals surface area contributed by atoms with Crippen LogP contribution in [0.2, 0.25) is 0 Å². The number of Topliss-reactive ketones (excluding diaryl/α,β-unsaturated/α-hetero) is 1. The zero-order valence-electron chi connectivity index (χ0n) is 16.6. The van der Waals surface area contributed by atoms with E-state index in [0.717, 1.165) is 6.42 Å². The smallest absolute Gasteiger partial charge is 0.162 e. The SMILES string of the molecule is CC(=O)[C@]1(O)CC[C@@]2(O)[C@]1(C)[C@H](O)C[C@H]1[C@@]3(C)CC[C@H](O)C[C@@H]3CC[C@]12O. The zero-order chi connectivity index (χ0) is 20.0. The number of aliphatic hydroxyl groups is 5. The molecule has 0 amide bonds. The van der Waals surface area contributed by atoms with Gasteiger partial charge in [0.05, 0.1) is 23.2 Å².